The average Bonchev–Trinajstić information content (AvgIpc) is 3.57. The molecular formula is C27H23FN2O4. The van der Waals surface area contributed by atoms with Crippen LogP contribution in [0, 0.1) is 5.82 Å². The van der Waals surface area contributed by atoms with Gasteiger partial charge in [-0.15, -0.1) is 0 Å². The lowest BCUT2D eigenvalue weighted by atomic mass is 10.0. The molecule has 1 atom stereocenters. The van der Waals surface area contributed by atoms with Crippen LogP contribution < -0.4 is 10.1 Å². The first kappa shape index (κ1) is 21.9. The molecule has 3 aromatic carbocycles. The van der Waals surface area contributed by atoms with Gasteiger partial charge in [-0.3, -0.25) is 0 Å². The lowest BCUT2D eigenvalue weighted by Gasteiger charge is -2.11. The molecule has 0 aliphatic carbocycles. The van der Waals surface area contributed by atoms with Crippen molar-refractivity contribution >= 4 is 22.8 Å². The summed E-state index contributed by atoms with van der Waals surface area (Å²) in [5, 5.41) is 3.84. The number of rotatable bonds is 6. The van der Waals surface area contributed by atoms with Gasteiger partial charge in [-0.05, 0) is 72.5 Å². The molecule has 1 aliphatic rings. The van der Waals surface area contributed by atoms with Gasteiger partial charge < -0.3 is 19.8 Å². The minimum Gasteiger partial charge on any atom is -0.489 e. The Kier molecular flexibility index (Phi) is 6.10. The molecule has 34 heavy (non-hydrogen) atoms. The number of H-pyrrole nitrogens is 1. The molecule has 0 amide bonds. The molecular weight excluding hydrogens is 435 g/mol. The summed E-state index contributed by atoms with van der Waals surface area (Å²) in [6, 6.07) is 19.0. The number of aromatic amines is 1. The highest BCUT2D eigenvalue weighted by atomic mass is 19.1. The first-order chi connectivity index (χ1) is 16.6. The van der Waals surface area contributed by atoms with Gasteiger partial charge >= 0.3 is 11.9 Å². The van der Waals surface area contributed by atoms with E-state index in [9.17, 15) is 14.0 Å². The predicted molar refractivity (Wildman–Crippen MR) is 126 cm³/mol. The van der Waals surface area contributed by atoms with E-state index in [1.807, 2.05) is 36.4 Å². The van der Waals surface area contributed by atoms with Gasteiger partial charge in [-0.1, -0.05) is 30.3 Å². The second-order valence-corrected chi connectivity index (χ2v) is 8.23. The zero-order valence-corrected chi connectivity index (χ0v) is 18.3. The molecule has 5 rings (SSSR count). The lowest BCUT2D eigenvalue weighted by molar-refractivity contribution is -0.139. The van der Waals surface area contributed by atoms with Gasteiger partial charge in [0.25, 0.3) is 0 Å². The van der Waals surface area contributed by atoms with Crippen molar-refractivity contribution in [2.24, 2.45) is 0 Å². The van der Waals surface area contributed by atoms with Gasteiger partial charge in [0.15, 0.2) is 0 Å². The number of carbonyl (C=O) groups excluding carboxylic acids is 2. The fourth-order valence-electron chi connectivity index (χ4n) is 4.17. The van der Waals surface area contributed by atoms with Crippen LogP contribution in [0.2, 0.25) is 0 Å². The van der Waals surface area contributed by atoms with Crippen molar-refractivity contribution < 1.29 is 23.5 Å². The van der Waals surface area contributed by atoms with E-state index in [4.69, 9.17) is 9.47 Å². The summed E-state index contributed by atoms with van der Waals surface area (Å²) in [5.41, 5.74) is 3.44. The van der Waals surface area contributed by atoms with E-state index >= 15 is 0 Å². The summed E-state index contributed by atoms with van der Waals surface area (Å²) in [7, 11) is 0. The second kappa shape index (κ2) is 9.49. The molecule has 0 spiro atoms. The number of benzene rings is 3. The third kappa shape index (κ3) is 4.56. The van der Waals surface area contributed by atoms with Crippen molar-refractivity contribution in [3.63, 3.8) is 0 Å². The third-order valence-electron chi connectivity index (χ3n) is 5.94. The van der Waals surface area contributed by atoms with Crippen LogP contribution >= 0.6 is 0 Å². The average molecular weight is 458 g/mol. The van der Waals surface area contributed by atoms with Gasteiger partial charge in [0.05, 0.1) is 11.1 Å². The summed E-state index contributed by atoms with van der Waals surface area (Å²) < 4.78 is 24.8. The number of esters is 2. The lowest BCUT2D eigenvalue weighted by Crippen LogP contribution is -2.33. The molecule has 0 radical (unpaired) electrons. The molecule has 0 bridgehead atoms. The Morgan fingerprint density at radius 1 is 1.03 bits per heavy atom. The second-order valence-electron chi connectivity index (χ2n) is 8.23. The maximum absolute atomic E-state index is 14.0. The molecule has 1 saturated heterocycles. The van der Waals surface area contributed by atoms with Crippen LogP contribution in [0.25, 0.3) is 22.0 Å². The quantitative estimate of drug-likeness (QED) is 0.314. The van der Waals surface area contributed by atoms with Crippen LogP contribution in [-0.2, 0) is 16.1 Å². The molecule has 0 saturated carbocycles. The summed E-state index contributed by atoms with van der Waals surface area (Å²) in [6.07, 6.45) is 3.29. The van der Waals surface area contributed by atoms with E-state index in [0.717, 1.165) is 35.0 Å². The normalized spacial score (nSPS) is 15.4. The van der Waals surface area contributed by atoms with Crippen molar-refractivity contribution in [2.45, 2.75) is 25.5 Å². The third-order valence-corrected chi connectivity index (χ3v) is 5.94. The maximum atomic E-state index is 14.0. The van der Waals surface area contributed by atoms with Crippen LogP contribution in [-0.4, -0.2) is 29.5 Å². The number of aromatic nitrogens is 1. The van der Waals surface area contributed by atoms with Crippen molar-refractivity contribution in [3.05, 3.63) is 89.9 Å². The number of carbonyl (C=O) groups is 2. The molecule has 2 heterocycles. The standard InChI is InChI=1S/C27H23FN2O4/c28-23-11-10-21(22-12-14-30-25(22)23)18-6-8-20(9-7-18)33-16-17-3-1-4-19(15-17)26(31)34-27(32)24-5-2-13-29-24/h1,3-4,6-12,14-15,24,29-30H,2,5,13,16H2/t24-/m0/s1. The van der Waals surface area contributed by atoms with E-state index in [-0.39, 0.29) is 12.4 Å². The molecule has 4 aromatic rings. The topological polar surface area (TPSA) is 80.4 Å². The van der Waals surface area contributed by atoms with Crippen LogP contribution in [0.3, 0.4) is 0 Å². The van der Waals surface area contributed by atoms with Gasteiger partial charge in [0.2, 0.25) is 0 Å². The molecule has 172 valence electrons. The highest BCUT2D eigenvalue weighted by Crippen LogP contribution is 2.31. The monoisotopic (exact) mass is 458 g/mol. The number of fused-ring (bicyclic) bond motifs is 1. The maximum Gasteiger partial charge on any atom is 0.345 e. The molecule has 1 aromatic heterocycles. The Balaban J connectivity index is 1.23. The van der Waals surface area contributed by atoms with Crippen molar-refractivity contribution in [1.82, 2.24) is 10.3 Å². The Labute approximate surface area is 195 Å². The first-order valence-corrected chi connectivity index (χ1v) is 11.2. The number of hydrogen-bond acceptors (Lipinski definition) is 5. The highest BCUT2D eigenvalue weighted by Gasteiger charge is 2.26. The summed E-state index contributed by atoms with van der Waals surface area (Å²) in [4.78, 5) is 27.4. The zero-order chi connectivity index (χ0) is 23.5. The predicted octanol–water partition coefficient (Wildman–Crippen LogP) is 4.99. The van der Waals surface area contributed by atoms with Gasteiger partial charge in [0.1, 0.15) is 24.2 Å². The summed E-state index contributed by atoms with van der Waals surface area (Å²) in [6.45, 7) is 0.999. The Morgan fingerprint density at radius 2 is 1.88 bits per heavy atom. The molecule has 1 fully saturated rings. The van der Waals surface area contributed by atoms with E-state index in [1.165, 1.54) is 6.07 Å². The van der Waals surface area contributed by atoms with Crippen LogP contribution in [0.5, 0.6) is 5.75 Å². The van der Waals surface area contributed by atoms with E-state index in [1.54, 1.807) is 30.5 Å². The van der Waals surface area contributed by atoms with Crippen LogP contribution in [0.15, 0.2) is 72.9 Å². The van der Waals surface area contributed by atoms with Gasteiger partial charge in [-0.25, -0.2) is 14.0 Å². The number of nitrogens with one attached hydrogen (secondary N) is 2. The van der Waals surface area contributed by atoms with E-state index < -0.39 is 18.0 Å². The van der Waals surface area contributed by atoms with Gasteiger partial charge in [0, 0.05) is 11.6 Å². The van der Waals surface area contributed by atoms with Crippen molar-refractivity contribution in [3.8, 4) is 16.9 Å². The van der Waals surface area contributed by atoms with Crippen LogP contribution in [0.4, 0.5) is 4.39 Å². The molecule has 6 nitrogen and oxygen atoms in total. The number of hydrogen-bond donors (Lipinski definition) is 2. The number of ether oxygens (including phenoxy) is 2. The fraction of sp³-hybridized carbons (Fsp3) is 0.185. The molecule has 0 unspecified atom stereocenters. The van der Waals surface area contributed by atoms with Gasteiger partial charge in [-0.2, -0.15) is 0 Å². The summed E-state index contributed by atoms with van der Waals surface area (Å²) >= 11 is 0. The van der Waals surface area contributed by atoms with E-state index in [0.29, 0.717) is 23.3 Å². The first-order valence-electron chi connectivity index (χ1n) is 11.2. The largest absolute Gasteiger partial charge is 0.489 e. The van der Waals surface area contributed by atoms with Crippen LogP contribution in [0.1, 0.15) is 28.8 Å². The van der Waals surface area contributed by atoms with Crippen molar-refractivity contribution in [1.29, 1.82) is 0 Å². The highest BCUT2D eigenvalue weighted by molar-refractivity contribution is 5.98. The number of halogens is 1. The Bertz CT molecular complexity index is 1340. The SMILES string of the molecule is O=C(OC(=O)[C@@H]1CCCN1)c1cccc(COc2ccc(-c3ccc(F)c4[nH]ccc34)cc2)c1. The Hall–Kier alpha value is -3.97. The Morgan fingerprint density at radius 3 is 2.68 bits per heavy atom. The molecule has 1 aliphatic heterocycles. The summed E-state index contributed by atoms with van der Waals surface area (Å²) in [5.74, 6) is -0.830. The smallest absolute Gasteiger partial charge is 0.345 e. The van der Waals surface area contributed by atoms with E-state index in [2.05, 4.69) is 10.3 Å². The van der Waals surface area contributed by atoms with Crippen molar-refractivity contribution in [2.75, 3.05) is 6.54 Å². The minimum atomic E-state index is -0.666. The molecule has 2 N–H and O–H groups in total. The zero-order valence-electron chi connectivity index (χ0n) is 18.3. The fourth-order valence-corrected chi connectivity index (χ4v) is 4.17. The molecule has 7 heteroatoms. The minimum absolute atomic E-state index is 0.247.